The highest BCUT2D eigenvalue weighted by molar-refractivity contribution is 5.54. The van der Waals surface area contributed by atoms with Crippen molar-refractivity contribution in [3.63, 3.8) is 0 Å². The molecular weight excluding hydrogens is 246 g/mol. The lowest BCUT2D eigenvalue weighted by Gasteiger charge is -2.39. The van der Waals surface area contributed by atoms with Crippen molar-refractivity contribution in [3.8, 4) is 0 Å². The van der Waals surface area contributed by atoms with Crippen LogP contribution in [0.3, 0.4) is 0 Å². The largest absolute Gasteiger partial charge is 0.361 e. The third-order valence-electron chi connectivity index (χ3n) is 3.81. The van der Waals surface area contributed by atoms with Crippen LogP contribution in [0.2, 0.25) is 0 Å². The van der Waals surface area contributed by atoms with Gasteiger partial charge in [-0.25, -0.2) is 0 Å². The van der Waals surface area contributed by atoms with Gasteiger partial charge in [-0.1, -0.05) is 13.8 Å². The fourth-order valence-electron chi connectivity index (χ4n) is 2.55. The zero-order valence-electron chi connectivity index (χ0n) is 11.6. The van der Waals surface area contributed by atoms with E-state index < -0.39 is 4.92 Å². The maximum atomic E-state index is 10.9. The van der Waals surface area contributed by atoms with Gasteiger partial charge in [-0.3, -0.25) is 14.8 Å². The summed E-state index contributed by atoms with van der Waals surface area (Å²) in [6.45, 7) is 6.08. The predicted octanol–water partition coefficient (Wildman–Crippen LogP) is 1.52. The van der Waals surface area contributed by atoms with Crippen LogP contribution in [0, 0.1) is 15.5 Å². The molecule has 2 rings (SSSR count). The molecular formula is C12H21N5O2. The topological polar surface area (TPSA) is 85.0 Å². The lowest BCUT2D eigenvalue weighted by Crippen LogP contribution is -2.50. The maximum absolute atomic E-state index is 10.9. The monoisotopic (exact) mass is 267 g/mol. The van der Waals surface area contributed by atoms with Crippen molar-refractivity contribution in [1.29, 1.82) is 0 Å². The minimum atomic E-state index is -0.408. The van der Waals surface area contributed by atoms with Gasteiger partial charge in [-0.05, 0) is 24.8 Å². The molecule has 0 spiro atoms. The van der Waals surface area contributed by atoms with Crippen LogP contribution in [0.25, 0.3) is 0 Å². The van der Waals surface area contributed by atoms with Crippen molar-refractivity contribution < 1.29 is 4.92 Å². The molecule has 2 N–H and O–H groups in total. The fraction of sp³-hybridized carbons (Fsp3) is 0.750. The summed E-state index contributed by atoms with van der Waals surface area (Å²) in [6.07, 6.45) is 3.76. The molecule has 1 atom stereocenters. The average molecular weight is 267 g/mol. The molecule has 0 radical (unpaired) electrons. The van der Waals surface area contributed by atoms with Crippen molar-refractivity contribution in [3.05, 3.63) is 16.3 Å². The van der Waals surface area contributed by atoms with Gasteiger partial charge in [0.05, 0.1) is 4.92 Å². The van der Waals surface area contributed by atoms with Gasteiger partial charge < -0.3 is 10.6 Å². The van der Waals surface area contributed by atoms with E-state index in [1.807, 2.05) is 0 Å². The summed E-state index contributed by atoms with van der Waals surface area (Å²) in [4.78, 5) is 10.5. The van der Waals surface area contributed by atoms with Crippen LogP contribution in [-0.2, 0) is 7.05 Å². The molecule has 1 aromatic rings. The number of anilines is 1. The summed E-state index contributed by atoms with van der Waals surface area (Å²) < 4.78 is 1.46. The number of hydrogen-bond donors (Lipinski definition) is 2. The first kappa shape index (κ1) is 13.8. The van der Waals surface area contributed by atoms with E-state index in [4.69, 9.17) is 0 Å². The Morgan fingerprint density at radius 2 is 2.42 bits per heavy atom. The molecule has 0 saturated carbocycles. The van der Waals surface area contributed by atoms with E-state index in [9.17, 15) is 10.1 Å². The number of rotatable bonds is 4. The Bertz CT molecular complexity index is 469. The van der Waals surface area contributed by atoms with E-state index in [1.54, 1.807) is 7.05 Å². The lowest BCUT2D eigenvalue weighted by atomic mass is 9.77. The first-order valence-electron chi connectivity index (χ1n) is 6.55. The summed E-state index contributed by atoms with van der Waals surface area (Å²) >= 11 is 0. The zero-order valence-corrected chi connectivity index (χ0v) is 11.6. The zero-order chi connectivity index (χ0) is 14.0. The molecule has 0 amide bonds. The van der Waals surface area contributed by atoms with Gasteiger partial charge in [-0.15, -0.1) is 5.10 Å². The Labute approximate surface area is 112 Å². The van der Waals surface area contributed by atoms with Crippen molar-refractivity contribution >= 4 is 11.5 Å². The van der Waals surface area contributed by atoms with Gasteiger partial charge in [-0.2, -0.15) is 0 Å². The second-order valence-corrected chi connectivity index (χ2v) is 5.77. The van der Waals surface area contributed by atoms with E-state index in [-0.39, 0.29) is 11.1 Å². The smallest absolute Gasteiger partial charge is 0.330 e. The maximum Gasteiger partial charge on any atom is 0.330 e. The molecule has 0 bridgehead atoms. The normalized spacial score (nSPS) is 22.2. The molecule has 19 heavy (non-hydrogen) atoms. The second kappa shape index (κ2) is 5.16. The van der Waals surface area contributed by atoms with E-state index in [0.717, 1.165) is 13.0 Å². The Morgan fingerprint density at radius 1 is 1.68 bits per heavy atom. The predicted molar refractivity (Wildman–Crippen MR) is 73.2 cm³/mol. The molecule has 2 heterocycles. The third-order valence-corrected chi connectivity index (χ3v) is 3.81. The third kappa shape index (κ3) is 3.04. The van der Waals surface area contributed by atoms with E-state index >= 15 is 0 Å². The molecule has 1 aromatic heterocycles. The lowest BCUT2D eigenvalue weighted by molar-refractivity contribution is -0.384. The number of nitro groups is 1. The Kier molecular flexibility index (Phi) is 3.75. The summed E-state index contributed by atoms with van der Waals surface area (Å²) in [5, 5.41) is 21.6. The highest BCUT2D eigenvalue weighted by Crippen LogP contribution is 2.30. The first-order chi connectivity index (χ1) is 8.90. The fourth-order valence-corrected chi connectivity index (χ4v) is 2.55. The standard InChI is InChI=1S/C12H21N5O2/c1-12(2)5-4-6-13-10(12)7-14-11-9(17(18)19)8-16(3)15-11/h8,10,13H,4-7H2,1-3H3,(H,14,15). The SMILES string of the molecule is Cn1cc([N+](=O)[O-])c(NCC2NCCCC2(C)C)n1. The van der Waals surface area contributed by atoms with Crippen LogP contribution in [0.15, 0.2) is 6.20 Å². The minimum Gasteiger partial charge on any atom is -0.361 e. The molecule has 1 aliphatic heterocycles. The number of aryl methyl sites for hydroxylation is 1. The van der Waals surface area contributed by atoms with Crippen LogP contribution >= 0.6 is 0 Å². The van der Waals surface area contributed by atoms with Gasteiger partial charge in [0.2, 0.25) is 5.82 Å². The number of aromatic nitrogens is 2. The summed E-state index contributed by atoms with van der Waals surface area (Å²) in [7, 11) is 1.68. The molecule has 1 aliphatic rings. The van der Waals surface area contributed by atoms with Crippen molar-refractivity contribution in [1.82, 2.24) is 15.1 Å². The quantitative estimate of drug-likeness (QED) is 0.638. The van der Waals surface area contributed by atoms with E-state index in [2.05, 4.69) is 29.6 Å². The van der Waals surface area contributed by atoms with Crippen LogP contribution < -0.4 is 10.6 Å². The van der Waals surface area contributed by atoms with Crippen LogP contribution in [-0.4, -0.2) is 33.8 Å². The van der Waals surface area contributed by atoms with Crippen molar-refractivity contribution in [2.75, 3.05) is 18.4 Å². The van der Waals surface area contributed by atoms with Gasteiger partial charge >= 0.3 is 5.69 Å². The minimum absolute atomic E-state index is 0.0242. The highest BCUT2D eigenvalue weighted by atomic mass is 16.6. The summed E-state index contributed by atoms with van der Waals surface area (Å²) in [5.41, 5.74) is 0.213. The highest BCUT2D eigenvalue weighted by Gasteiger charge is 2.32. The van der Waals surface area contributed by atoms with Gasteiger partial charge in [0.15, 0.2) is 0 Å². The van der Waals surface area contributed by atoms with Crippen LogP contribution in [0.5, 0.6) is 0 Å². The van der Waals surface area contributed by atoms with Crippen LogP contribution in [0.4, 0.5) is 11.5 Å². The van der Waals surface area contributed by atoms with Crippen molar-refractivity contribution in [2.24, 2.45) is 12.5 Å². The van der Waals surface area contributed by atoms with Gasteiger partial charge in [0, 0.05) is 19.6 Å². The Morgan fingerprint density at radius 3 is 3.05 bits per heavy atom. The Hall–Kier alpha value is -1.63. The molecule has 7 heteroatoms. The molecule has 0 aliphatic carbocycles. The average Bonchev–Trinajstić information content (AvgIpc) is 2.69. The Balaban J connectivity index is 2.04. The first-order valence-corrected chi connectivity index (χ1v) is 6.55. The summed E-state index contributed by atoms with van der Waals surface area (Å²) in [6, 6.07) is 0.294. The molecule has 1 fully saturated rings. The number of hydrogen-bond acceptors (Lipinski definition) is 5. The molecule has 7 nitrogen and oxygen atoms in total. The molecule has 1 saturated heterocycles. The number of piperidine rings is 1. The molecule has 1 unspecified atom stereocenters. The van der Waals surface area contributed by atoms with E-state index in [0.29, 0.717) is 18.4 Å². The van der Waals surface area contributed by atoms with Crippen LogP contribution in [0.1, 0.15) is 26.7 Å². The van der Waals surface area contributed by atoms with E-state index in [1.165, 1.54) is 17.3 Å². The number of nitrogens with zero attached hydrogens (tertiary/aromatic N) is 3. The van der Waals surface area contributed by atoms with Gasteiger partial charge in [0.1, 0.15) is 6.20 Å². The molecule has 106 valence electrons. The number of nitrogens with one attached hydrogen (secondary N) is 2. The summed E-state index contributed by atoms with van der Waals surface area (Å²) in [5.74, 6) is 0.343. The van der Waals surface area contributed by atoms with Gasteiger partial charge in [0.25, 0.3) is 0 Å². The van der Waals surface area contributed by atoms with Crippen molar-refractivity contribution in [2.45, 2.75) is 32.7 Å². The molecule has 0 aromatic carbocycles. The second-order valence-electron chi connectivity index (χ2n) is 5.77.